The van der Waals surface area contributed by atoms with E-state index in [9.17, 15) is 39.9 Å². The highest BCUT2D eigenvalue weighted by molar-refractivity contribution is 5.94. The van der Waals surface area contributed by atoms with E-state index in [1.54, 1.807) is 13.8 Å². The number of hydrogen-bond donors (Lipinski definition) is 8. The van der Waals surface area contributed by atoms with Gasteiger partial charge in [-0.3, -0.25) is 24.7 Å². The number of rotatable bonds is 12. The summed E-state index contributed by atoms with van der Waals surface area (Å²) in [5.74, 6) is -2.39. The molecule has 4 rings (SSSR count). The summed E-state index contributed by atoms with van der Waals surface area (Å²) in [5.41, 5.74) is -1.11. The summed E-state index contributed by atoms with van der Waals surface area (Å²) in [6, 6.07) is 1.74. The second kappa shape index (κ2) is 15.6. The predicted octanol–water partition coefficient (Wildman–Crippen LogP) is -0.549. The average molecular weight is 694 g/mol. The van der Waals surface area contributed by atoms with Gasteiger partial charge < -0.3 is 45.6 Å². The van der Waals surface area contributed by atoms with E-state index in [0.29, 0.717) is 44.1 Å². The van der Waals surface area contributed by atoms with Crippen molar-refractivity contribution >= 4 is 17.8 Å². The molecule has 3 aliphatic heterocycles. The molecule has 7 atom stereocenters. The summed E-state index contributed by atoms with van der Waals surface area (Å²) >= 11 is 0. The normalized spacial score (nSPS) is 29.4. The topological polar surface area (TPSA) is 213 Å². The third kappa shape index (κ3) is 9.27. The van der Waals surface area contributed by atoms with E-state index in [2.05, 4.69) is 46.5 Å². The number of aryl methyl sites for hydroxylation is 2. The number of carboxylic acids is 1. The zero-order valence-corrected chi connectivity index (χ0v) is 29.5. The molecular formula is C34H55N5O10. The number of aliphatic hydroxyl groups is 3. The minimum atomic E-state index is -1.95. The van der Waals surface area contributed by atoms with Crippen LogP contribution in [0.1, 0.15) is 68.4 Å². The van der Waals surface area contributed by atoms with Gasteiger partial charge in [-0.05, 0) is 64.3 Å². The molecule has 15 nitrogen and oxygen atoms in total. The summed E-state index contributed by atoms with van der Waals surface area (Å²) < 4.78 is 12.1. The van der Waals surface area contributed by atoms with Gasteiger partial charge in [0, 0.05) is 70.3 Å². The van der Waals surface area contributed by atoms with Crippen LogP contribution in [0.15, 0.2) is 12.1 Å². The number of ether oxygens (including phenoxy) is 2. The van der Waals surface area contributed by atoms with Gasteiger partial charge in [0.05, 0.1) is 37.0 Å². The molecule has 3 aliphatic rings. The minimum Gasteiger partial charge on any atom is -0.507 e. The van der Waals surface area contributed by atoms with Gasteiger partial charge in [0.2, 0.25) is 5.91 Å². The zero-order chi connectivity index (χ0) is 36.3. The molecule has 1 spiro atoms. The van der Waals surface area contributed by atoms with E-state index < -0.39 is 60.4 Å². The minimum absolute atomic E-state index is 0.0379. The fourth-order valence-corrected chi connectivity index (χ4v) is 7.12. The van der Waals surface area contributed by atoms with Crippen molar-refractivity contribution in [2.24, 2.45) is 0 Å². The van der Waals surface area contributed by atoms with Crippen molar-refractivity contribution in [1.29, 1.82) is 0 Å². The van der Waals surface area contributed by atoms with Crippen molar-refractivity contribution in [3.8, 4) is 5.75 Å². The monoisotopic (exact) mass is 693 g/mol. The van der Waals surface area contributed by atoms with E-state index in [-0.39, 0.29) is 35.2 Å². The Hall–Kier alpha value is -2.89. The Morgan fingerprint density at radius 2 is 1.80 bits per heavy atom. The number of nitrogens with one attached hydrogen (secondary N) is 3. The van der Waals surface area contributed by atoms with Crippen LogP contribution in [0.5, 0.6) is 5.75 Å². The number of carbonyl (C=O) groups is 3. The summed E-state index contributed by atoms with van der Waals surface area (Å²) in [5, 5.41) is 62.8. The lowest BCUT2D eigenvalue weighted by atomic mass is 9.81. The van der Waals surface area contributed by atoms with Crippen LogP contribution in [0.2, 0.25) is 0 Å². The fraction of sp³-hybridized carbons (Fsp3) is 0.735. The molecule has 0 radical (unpaired) electrons. The second-order valence-electron chi connectivity index (χ2n) is 15.0. The maximum Gasteiger partial charge on any atom is 0.336 e. The molecule has 1 aromatic carbocycles. The highest BCUT2D eigenvalue weighted by Crippen LogP contribution is 2.37. The number of morpholine rings is 1. The van der Waals surface area contributed by atoms with Crippen LogP contribution in [-0.4, -0.2) is 153 Å². The van der Waals surface area contributed by atoms with Crippen molar-refractivity contribution in [1.82, 2.24) is 25.8 Å². The molecule has 0 aromatic heterocycles. The van der Waals surface area contributed by atoms with Gasteiger partial charge in [0.1, 0.15) is 18.0 Å². The number of nitrogens with zero attached hydrogens (tertiary/aromatic N) is 2. The molecule has 276 valence electrons. The number of aliphatic carboxylic acids is 1. The molecule has 0 bridgehead atoms. The molecule has 2 amide bonds. The molecule has 8 N–H and O–H groups in total. The van der Waals surface area contributed by atoms with Crippen LogP contribution in [0.3, 0.4) is 0 Å². The van der Waals surface area contributed by atoms with E-state index in [1.165, 1.54) is 19.1 Å². The lowest BCUT2D eigenvalue weighted by Gasteiger charge is -2.49. The quantitative estimate of drug-likeness (QED) is 0.138. The number of carboxylic acid groups (broad SMARTS) is 1. The van der Waals surface area contributed by atoms with Crippen LogP contribution in [0.25, 0.3) is 0 Å². The average Bonchev–Trinajstić information content (AvgIpc) is 3.43. The molecule has 0 aliphatic carbocycles. The van der Waals surface area contributed by atoms with Gasteiger partial charge in [-0.25, -0.2) is 4.79 Å². The van der Waals surface area contributed by atoms with Crippen molar-refractivity contribution in [2.45, 2.75) is 108 Å². The Labute approximate surface area is 287 Å². The summed E-state index contributed by atoms with van der Waals surface area (Å²) in [6.07, 6.45) is -5.99. The SMILES string of the molecule is CC(=O)N[C@H]1[C@H]([C@H](O)[C@H](O)CNC(=O)c2cc(C)c(O)c(C)c2)O[C@@](CCN2CCOC[C@@]23CCN(CNC(C)(C)C)C3)(C(=O)O)C[C@@H]1O. The van der Waals surface area contributed by atoms with Crippen LogP contribution >= 0.6 is 0 Å². The first kappa shape index (κ1) is 38.9. The number of phenolic OH excluding ortho intramolecular Hbond substituents is 1. The van der Waals surface area contributed by atoms with E-state index in [4.69, 9.17) is 9.47 Å². The van der Waals surface area contributed by atoms with Crippen LogP contribution in [0, 0.1) is 13.8 Å². The van der Waals surface area contributed by atoms with Gasteiger partial charge in [-0.15, -0.1) is 0 Å². The standard InChI is InChI=1S/C34H55N5O10/c1-20-13-23(14-21(2)27(20)43)30(45)35-16-25(42)28(44)29-26(37-22(3)40)24(41)15-34(49-29,31(46)47)8-10-39-11-12-48-18-33(39)7-9-38(17-33)19-36-32(4,5)6/h13-14,24-26,28-29,36,41-44H,7-12,15-19H2,1-6H3,(H,35,45)(H,37,40)(H,46,47)/t24-,25+,26+,28+,29+,33-,34+/m0/s1. The third-order valence-corrected chi connectivity index (χ3v) is 9.96. The summed E-state index contributed by atoms with van der Waals surface area (Å²) in [7, 11) is 0. The summed E-state index contributed by atoms with van der Waals surface area (Å²) in [4.78, 5) is 42.5. The molecule has 49 heavy (non-hydrogen) atoms. The number of phenols is 1. The molecule has 3 heterocycles. The number of benzene rings is 1. The molecule has 0 saturated carbocycles. The first-order valence-corrected chi connectivity index (χ1v) is 17.0. The second-order valence-corrected chi connectivity index (χ2v) is 15.0. The number of aromatic hydroxyl groups is 1. The maximum atomic E-state index is 13.0. The van der Waals surface area contributed by atoms with Crippen molar-refractivity contribution in [3.05, 3.63) is 28.8 Å². The highest BCUT2D eigenvalue weighted by atomic mass is 16.6. The molecule has 15 heteroatoms. The maximum absolute atomic E-state index is 13.0. The third-order valence-electron chi connectivity index (χ3n) is 9.96. The van der Waals surface area contributed by atoms with Crippen LogP contribution in [0.4, 0.5) is 0 Å². The summed E-state index contributed by atoms with van der Waals surface area (Å²) in [6.45, 7) is 14.5. The smallest absolute Gasteiger partial charge is 0.336 e. The number of hydrogen-bond acceptors (Lipinski definition) is 12. The number of aliphatic hydroxyl groups excluding tert-OH is 3. The Balaban J connectivity index is 1.49. The Kier molecular flexibility index (Phi) is 12.4. The van der Waals surface area contributed by atoms with Crippen molar-refractivity contribution in [3.63, 3.8) is 0 Å². The Morgan fingerprint density at radius 1 is 1.12 bits per heavy atom. The zero-order valence-electron chi connectivity index (χ0n) is 29.5. The van der Waals surface area contributed by atoms with Crippen molar-refractivity contribution < 1.29 is 49.4 Å². The Bertz CT molecular complexity index is 1330. The molecule has 3 saturated heterocycles. The molecule has 0 unspecified atom stereocenters. The van der Waals surface area contributed by atoms with Crippen LogP contribution in [-0.2, 0) is 19.1 Å². The number of likely N-dealkylation sites (tertiary alicyclic amines) is 1. The Morgan fingerprint density at radius 3 is 2.41 bits per heavy atom. The van der Waals surface area contributed by atoms with Crippen molar-refractivity contribution in [2.75, 3.05) is 52.6 Å². The lowest BCUT2D eigenvalue weighted by Crippen LogP contribution is -2.68. The number of carbonyl (C=O) groups excluding carboxylic acids is 2. The molecule has 1 aromatic rings. The van der Waals surface area contributed by atoms with E-state index >= 15 is 0 Å². The first-order valence-electron chi connectivity index (χ1n) is 17.0. The molecule has 3 fully saturated rings. The van der Waals surface area contributed by atoms with Gasteiger partial charge in [-0.1, -0.05) is 0 Å². The van der Waals surface area contributed by atoms with Gasteiger partial charge in [0.25, 0.3) is 5.91 Å². The van der Waals surface area contributed by atoms with Gasteiger partial charge in [-0.2, -0.15) is 0 Å². The van der Waals surface area contributed by atoms with E-state index in [1.807, 2.05) is 0 Å². The highest BCUT2D eigenvalue weighted by Gasteiger charge is 2.55. The van der Waals surface area contributed by atoms with Crippen LogP contribution < -0.4 is 16.0 Å². The van der Waals surface area contributed by atoms with Gasteiger partial charge >= 0.3 is 5.97 Å². The molecular weight excluding hydrogens is 638 g/mol. The fourth-order valence-electron chi connectivity index (χ4n) is 7.12. The lowest BCUT2D eigenvalue weighted by molar-refractivity contribution is -0.231. The predicted molar refractivity (Wildman–Crippen MR) is 179 cm³/mol. The largest absolute Gasteiger partial charge is 0.507 e. The van der Waals surface area contributed by atoms with E-state index in [0.717, 1.165) is 19.5 Å². The van der Waals surface area contributed by atoms with Gasteiger partial charge in [0.15, 0.2) is 5.60 Å². The first-order chi connectivity index (χ1) is 22.9. The number of amides is 2.